The first-order valence-corrected chi connectivity index (χ1v) is 7.57. The van der Waals surface area contributed by atoms with Crippen LogP contribution in [0, 0.1) is 6.92 Å². The van der Waals surface area contributed by atoms with Crippen molar-refractivity contribution < 1.29 is 9.47 Å². The van der Waals surface area contributed by atoms with E-state index < -0.39 is 0 Å². The molecule has 1 N–H and O–H groups in total. The molecule has 108 valence electrons. The van der Waals surface area contributed by atoms with Crippen LogP contribution < -0.4 is 14.8 Å². The Morgan fingerprint density at radius 1 is 1.15 bits per heavy atom. The first-order valence-electron chi connectivity index (χ1n) is 6.70. The van der Waals surface area contributed by atoms with Gasteiger partial charge in [0.05, 0.1) is 20.3 Å². The molecular weight excluding hydrogens is 270 g/mol. The third kappa shape index (κ3) is 3.14. The summed E-state index contributed by atoms with van der Waals surface area (Å²) in [5, 5.41) is 5.59. The highest BCUT2D eigenvalue weighted by Gasteiger charge is 2.17. The summed E-state index contributed by atoms with van der Waals surface area (Å²) in [5.41, 5.74) is 2.50. The van der Waals surface area contributed by atoms with Crippen LogP contribution in [0.25, 0.3) is 0 Å². The lowest BCUT2D eigenvalue weighted by Crippen LogP contribution is -2.21. The molecule has 0 amide bonds. The molecule has 1 heterocycles. The molecule has 0 aliphatic heterocycles. The van der Waals surface area contributed by atoms with E-state index in [9.17, 15) is 0 Å². The highest BCUT2D eigenvalue weighted by atomic mass is 32.1. The van der Waals surface area contributed by atoms with Crippen LogP contribution in [0.15, 0.2) is 29.6 Å². The average Bonchev–Trinajstić information content (AvgIpc) is 2.94. The number of hydrogen-bond acceptors (Lipinski definition) is 4. The molecule has 0 spiro atoms. The zero-order chi connectivity index (χ0) is 14.5. The highest BCUT2D eigenvalue weighted by Crippen LogP contribution is 2.33. The lowest BCUT2D eigenvalue weighted by Gasteiger charge is -2.19. The van der Waals surface area contributed by atoms with Crippen LogP contribution in [0.1, 0.15) is 29.0 Å². The van der Waals surface area contributed by atoms with Crippen molar-refractivity contribution >= 4 is 11.3 Å². The summed E-state index contributed by atoms with van der Waals surface area (Å²) < 4.78 is 10.6. The topological polar surface area (TPSA) is 30.5 Å². The van der Waals surface area contributed by atoms with Gasteiger partial charge in [0.25, 0.3) is 0 Å². The van der Waals surface area contributed by atoms with E-state index in [2.05, 4.69) is 37.4 Å². The van der Waals surface area contributed by atoms with Crippen molar-refractivity contribution in [2.75, 3.05) is 20.8 Å². The minimum atomic E-state index is 0.194. The molecule has 2 aromatic rings. The maximum atomic E-state index is 5.29. The van der Waals surface area contributed by atoms with Crippen LogP contribution in [0.3, 0.4) is 0 Å². The fourth-order valence-electron chi connectivity index (χ4n) is 2.26. The third-order valence-corrected chi connectivity index (χ3v) is 4.29. The SMILES string of the molecule is CCNC(c1cc(OC)cs1)c1ccc(OC)cc1C. The number of ether oxygens (including phenoxy) is 2. The predicted molar refractivity (Wildman–Crippen MR) is 84.1 cm³/mol. The van der Waals surface area contributed by atoms with Crippen LogP contribution >= 0.6 is 11.3 Å². The Labute approximate surface area is 124 Å². The average molecular weight is 291 g/mol. The van der Waals surface area contributed by atoms with Crippen molar-refractivity contribution in [1.82, 2.24) is 5.32 Å². The largest absolute Gasteiger partial charge is 0.497 e. The van der Waals surface area contributed by atoms with E-state index in [-0.39, 0.29) is 6.04 Å². The van der Waals surface area contributed by atoms with E-state index >= 15 is 0 Å². The van der Waals surface area contributed by atoms with Crippen molar-refractivity contribution in [3.05, 3.63) is 45.6 Å². The van der Waals surface area contributed by atoms with Crippen LogP contribution in [-0.4, -0.2) is 20.8 Å². The second kappa shape index (κ2) is 6.77. The Balaban J connectivity index is 2.37. The normalized spacial score (nSPS) is 12.2. The van der Waals surface area contributed by atoms with E-state index in [1.807, 2.05) is 11.4 Å². The van der Waals surface area contributed by atoms with Gasteiger partial charge in [-0.2, -0.15) is 0 Å². The molecular formula is C16H21NO2S. The number of hydrogen-bond donors (Lipinski definition) is 1. The molecule has 20 heavy (non-hydrogen) atoms. The first kappa shape index (κ1) is 14.9. The predicted octanol–water partition coefficient (Wildman–Crippen LogP) is 3.77. The van der Waals surface area contributed by atoms with Gasteiger partial charge in [0.15, 0.2) is 0 Å². The Kier molecular flexibility index (Phi) is 5.04. The highest BCUT2D eigenvalue weighted by molar-refractivity contribution is 7.10. The van der Waals surface area contributed by atoms with Gasteiger partial charge in [-0.3, -0.25) is 0 Å². The van der Waals surface area contributed by atoms with Gasteiger partial charge in [0, 0.05) is 10.3 Å². The van der Waals surface area contributed by atoms with Gasteiger partial charge in [-0.1, -0.05) is 13.0 Å². The van der Waals surface area contributed by atoms with Gasteiger partial charge in [0.2, 0.25) is 0 Å². The first-order chi connectivity index (χ1) is 9.69. The summed E-state index contributed by atoms with van der Waals surface area (Å²) in [6.45, 7) is 5.15. The fourth-order valence-corrected chi connectivity index (χ4v) is 3.21. The van der Waals surface area contributed by atoms with Gasteiger partial charge < -0.3 is 14.8 Å². The molecule has 4 heteroatoms. The van der Waals surface area contributed by atoms with Crippen molar-refractivity contribution in [3.8, 4) is 11.5 Å². The summed E-state index contributed by atoms with van der Waals surface area (Å²) in [5.74, 6) is 1.81. The van der Waals surface area contributed by atoms with E-state index in [1.54, 1.807) is 25.6 Å². The molecule has 3 nitrogen and oxygen atoms in total. The number of thiophene rings is 1. The summed E-state index contributed by atoms with van der Waals surface area (Å²) >= 11 is 1.72. The molecule has 1 unspecified atom stereocenters. The molecule has 0 aliphatic carbocycles. The minimum Gasteiger partial charge on any atom is -0.497 e. The Morgan fingerprint density at radius 2 is 1.90 bits per heavy atom. The maximum absolute atomic E-state index is 5.29. The van der Waals surface area contributed by atoms with Gasteiger partial charge in [0.1, 0.15) is 11.5 Å². The Morgan fingerprint density at radius 3 is 2.45 bits per heavy atom. The second-order valence-corrected chi connectivity index (χ2v) is 5.54. The Hall–Kier alpha value is -1.52. The third-order valence-electron chi connectivity index (χ3n) is 3.31. The quantitative estimate of drug-likeness (QED) is 0.878. The van der Waals surface area contributed by atoms with E-state index in [0.29, 0.717) is 0 Å². The summed E-state index contributed by atoms with van der Waals surface area (Å²) in [7, 11) is 3.40. The molecule has 0 saturated heterocycles. The van der Waals surface area contributed by atoms with Crippen molar-refractivity contribution in [2.24, 2.45) is 0 Å². The number of aryl methyl sites for hydroxylation is 1. The maximum Gasteiger partial charge on any atom is 0.129 e. The van der Waals surface area contributed by atoms with Gasteiger partial charge in [-0.05, 0) is 42.8 Å². The molecule has 0 fully saturated rings. The minimum absolute atomic E-state index is 0.194. The van der Waals surface area contributed by atoms with E-state index in [4.69, 9.17) is 9.47 Å². The van der Waals surface area contributed by atoms with E-state index in [1.165, 1.54) is 16.0 Å². The van der Waals surface area contributed by atoms with Gasteiger partial charge in [-0.25, -0.2) is 0 Å². The fraction of sp³-hybridized carbons (Fsp3) is 0.375. The summed E-state index contributed by atoms with van der Waals surface area (Å²) in [4.78, 5) is 1.26. The van der Waals surface area contributed by atoms with Crippen LogP contribution in [0.4, 0.5) is 0 Å². The number of benzene rings is 1. The van der Waals surface area contributed by atoms with Crippen LogP contribution in [0.2, 0.25) is 0 Å². The standard InChI is InChI=1S/C16H21NO2S/c1-5-17-16(15-9-13(19-4)10-20-15)14-7-6-12(18-3)8-11(14)2/h6-10,16-17H,5H2,1-4H3. The second-order valence-electron chi connectivity index (χ2n) is 4.60. The lowest BCUT2D eigenvalue weighted by molar-refractivity contribution is 0.414. The number of rotatable bonds is 6. The van der Waals surface area contributed by atoms with Gasteiger partial charge in [-0.15, -0.1) is 11.3 Å². The number of methoxy groups -OCH3 is 2. The zero-order valence-corrected chi connectivity index (χ0v) is 13.2. The summed E-state index contributed by atoms with van der Waals surface area (Å²) in [6, 6.07) is 8.51. The molecule has 1 atom stereocenters. The van der Waals surface area contributed by atoms with Crippen LogP contribution in [-0.2, 0) is 0 Å². The smallest absolute Gasteiger partial charge is 0.129 e. The molecule has 0 radical (unpaired) electrons. The monoisotopic (exact) mass is 291 g/mol. The zero-order valence-electron chi connectivity index (χ0n) is 12.4. The Bertz CT molecular complexity index is 565. The lowest BCUT2D eigenvalue weighted by atomic mass is 9.99. The number of nitrogens with one attached hydrogen (secondary N) is 1. The van der Waals surface area contributed by atoms with Crippen molar-refractivity contribution in [3.63, 3.8) is 0 Å². The molecule has 0 bridgehead atoms. The summed E-state index contributed by atoms with van der Waals surface area (Å²) in [6.07, 6.45) is 0. The molecule has 2 rings (SSSR count). The molecule has 1 aromatic carbocycles. The van der Waals surface area contributed by atoms with Crippen molar-refractivity contribution in [1.29, 1.82) is 0 Å². The molecule has 0 saturated carbocycles. The van der Waals surface area contributed by atoms with Crippen molar-refractivity contribution in [2.45, 2.75) is 19.9 Å². The van der Waals surface area contributed by atoms with E-state index in [0.717, 1.165) is 18.0 Å². The molecule has 0 aliphatic rings. The molecule has 1 aromatic heterocycles. The van der Waals surface area contributed by atoms with Gasteiger partial charge >= 0.3 is 0 Å². The van der Waals surface area contributed by atoms with Crippen LogP contribution in [0.5, 0.6) is 11.5 Å².